The van der Waals surface area contributed by atoms with Crippen LogP contribution in [0, 0.1) is 6.92 Å². The first-order valence-electron chi connectivity index (χ1n) is 6.04. The van der Waals surface area contributed by atoms with Gasteiger partial charge in [-0.15, -0.1) is 4.13 Å². The van der Waals surface area contributed by atoms with Crippen molar-refractivity contribution in [1.82, 2.24) is 4.13 Å². The Hall–Kier alpha value is -1.41. The van der Waals surface area contributed by atoms with E-state index in [4.69, 9.17) is 0 Å². The molecule has 1 rings (SSSR count). The molecule has 0 radical (unpaired) electrons. The van der Waals surface area contributed by atoms with Gasteiger partial charge < -0.3 is 0 Å². The summed E-state index contributed by atoms with van der Waals surface area (Å²) in [5.74, 6) is 0. The van der Waals surface area contributed by atoms with Crippen LogP contribution in [0.3, 0.4) is 0 Å². The topological polar surface area (TPSA) is 80.3 Å². The van der Waals surface area contributed by atoms with E-state index < -0.39 is 54.8 Å². The molecule has 1 aromatic carbocycles. The van der Waals surface area contributed by atoms with Gasteiger partial charge in [0.05, 0.1) is 10.5 Å². The zero-order valence-corrected chi connectivity index (χ0v) is 14.0. The van der Waals surface area contributed by atoms with E-state index >= 15 is 0 Å². The van der Waals surface area contributed by atoms with Crippen LogP contribution in [0.4, 0.5) is 30.7 Å². The second-order valence-electron chi connectivity index (χ2n) is 5.00. The van der Waals surface area contributed by atoms with Gasteiger partial charge in [-0.3, -0.25) is 0 Å². The Bertz CT molecular complexity index is 871. The van der Waals surface area contributed by atoms with Crippen LogP contribution in [0.15, 0.2) is 23.1 Å². The van der Waals surface area contributed by atoms with E-state index in [1.165, 1.54) is 0 Å². The van der Waals surface area contributed by atoms with E-state index in [2.05, 4.69) is 0 Å². The standard InChI is InChI=1S/C11H10F7NO4S2/c1-6-3-4-7(10(13,14)15)8(5-6)24(20,21)19-25(22,23)9(2,12)11(16,17)18/h3-5,19H,1-2H3. The summed E-state index contributed by atoms with van der Waals surface area (Å²) < 4.78 is 137. The molecule has 5 nitrogen and oxygen atoms in total. The maximum Gasteiger partial charge on any atom is 0.438 e. The lowest BCUT2D eigenvalue weighted by atomic mass is 10.1. The molecule has 144 valence electrons. The zero-order valence-electron chi connectivity index (χ0n) is 12.3. The summed E-state index contributed by atoms with van der Waals surface area (Å²) in [6.45, 7) is 0.675. The average Bonchev–Trinajstić information content (AvgIpc) is 2.34. The Morgan fingerprint density at radius 2 is 1.40 bits per heavy atom. The molecule has 0 aliphatic carbocycles. The van der Waals surface area contributed by atoms with Crippen molar-refractivity contribution < 1.29 is 47.6 Å². The molecule has 0 saturated carbocycles. The molecule has 0 amide bonds. The third-order valence-corrected chi connectivity index (χ3v) is 6.88. The van der Waals surface area contributed by atoms with Crippen molar-refractivity contribution in [3.05, 3.63) is 29.3 Å². The predicted molar refractivity (Wildman–Crippen MR) is 71.0 cm³/mol. The van der Waals surface area contributed by atoms with E-state index in [0.29, 0.717) is 16.3 Å². The SMILES string of the molecule is Cc1ccc(C(F)(F)F)c(S(=O)(=O)NS(=O)(=O)C(C)(F)C(F)(F)F)c1. The van der Waals surface area contributed by atoms with Gasteiger partial charge in [0, 0.05) is 0 Å². The first kappa shape index (κ1) is 21.6. The number of benzene rings is 1. The lowest BCUT2D eigenvalue weighted by Gasteiger charge is -2.24. The van der Waals surface area contributed by atoms with E-state index in [-0.39, 0.29) is 5.56 Å². The Labute approximate surface area is 137 Å². The second-order valence-corrected chi connectivity index (χ2v) is 8.89. The summed E-state index contributed by atoms with van der Waals surface area (Å²) in [6.07, 6.45) is -11.3. The second kappa shape index (κ2) is 6.09. The largest absolute Gasteiger partial charge is 0.438 e. The molecular formula is C11H10F7NO4S2. The first-order chi connectivity index (χ1) is 10.8. The molecule has 0 bridgehead atoms. The summed E-state index contributed by atoms with van der Waals surface area (Å²) in [4.78, 5) is -1.65. The summed E-state index contributed by atoms with van der Waals surface area (Å²) in [6, 6.07) is 1.55. The van der Waals surface area contributed by atoms with Gasteiger partial charge in [-0.1, -0.05) is 6.07 Å². The molecule has 1 atom stereocenters. The number of alkyl halides is 7. The number of halogens is 7. The highest BCUT2D eigenvalue weighted by Crippen LogP contribution is 2.39. The number of nitrogens with one attached hydrogen (secondary N) is 1. The van der Waals surface area contributed by atoms with Crippen molar-refractivity contribution in [2.45, 2.75) is 36.1 Å². The normalized spacial score (nSPS) is 16.5. The van der Waals surface area contributed by atoms with Crippen LogP contribution >= 0.6 is 0 Å². The zero-order chi connectivity index (χ0) is 20.1. The minimum absolute atomic E-state index is 0.0652. The number of sulfonamides is 2. The molecule has 0 aromatic heterocycles. The smallest absolute Gasteiger partial charge is 0.215 e. The van der Waals surface area contributed by atoms with Crippen molar-refractivity contribution in [3.63, 3.8) is 0 Å². The van der Waals surface area contributed by atoms with Crippen LogP contribution in [0.2, 0.25) is 0 Å². The highest BCUT2D eigenvalue weighted by Gasteiger charge is 2.63. The van der Waals surface area contributed by atoms with Crippen LogP contribution in [-0.4, -0.2) is 28.0 Å². The fraction of sp³-hybridized carbons (Fsp3) is 0.455. The molecule has 0 fully saturated rings. The Balaban J connectivity index is 3.54. The molecule has 1 N–H and O–H groups in total. The lowest BCUT2D eigenvalue weighted by molar-refractivity contribution is -0.191. The molecule has 14 heteroatoms. The van der Waals surface area contributed by atoms with Crippen molar-refractivity contribution in [3.8, 4) is 0 Å². The predicted octanol–water partition coefficient (Wildman–Crippen LogP) is 2.87. The van der Waals surface area contributed by atoms with Crippen molar-refractivity contribution in [1.29, 1.82) is 0 Å². The fourth-order valence-corrected chi connectivity index (χ4v) is 4.77. The molecule has 0 spiro atoms. The van der Waals surface area contributed by atoms with Gasteiger partial charge in [0.1, 0.15) is 0 Å². The van der Waals surface area contributed by atoms with Gasteiger partial charge in [0.2, 0.25) is 0 Å². The van der Waals surface area contributed by atoms with E-state index in [1.54, 1.807) is 0 Å². The molecule has 1 unspecified atom stereocenters. The summed E-state index contributed by atoms with van der Waals surface area (Å²) >= 11 is 0. The highest BCUT2D eigenvalue weighted by molar-refractivity contribution is 8.05. The molecule has 0 heterocycles. The quantitative estimate of drug-likeness (QED) is 0.765. The molecule has 25 heavy (non-hydrogen) atoms. The van der Waals surface area contributed by atoms with E-state index in [0.717, 1.165) is 13.0 Å². The molecule has 0 aliphatic heterocycles. The van der Waals surface area contributed by atoms with Gasteiger partial charge in [0.25, 0.3) is 20.0 Å². The number of rotatable bonds is 4. The third-order valence-electron chi connectivity index (χ3n) is 2.96. The summed E-state index contributed by atoms with van der Waals surface area (Å²) in [5.41, 5.74) is -1.89. The minimum atomic E-state index is -6.30. The maximum absolute atomic E-state index is 13.6. The maximum atomic E-state index is 13.6. The van der Waals surface area contributed by atoms with Gasteiger partial charge in [-0.25, -0.2) is 21.2 Å². The van der Waals surface area contributed by atoms with Crippen LogP contribution in [0.5, 0.6) is 0 Å². The van der Waals surface area contributed by atoms with Gasteiger partial charge >= 0.3 is 17.4 Å². The lowest BCUT2D eigenvalue weighted by Crippen LogP contribution is -2.52. The van der Waals surface area contributed by atoms with E-state index in [1.807, 2.05) is 0 Å². The van der Waals surface area contributed by atoms with Gasteiger partial charge in [-0.2, -0.15) is 26.3 Å². The number of aryl methyl sites for hydroxylation is 1. The Kier molecular flexibility index (Phi) is 5.27. The average molecular weight is 417 g/mol. The monoisotopic (exact) mass is 417 g/mol. The van der Waals surface area contributed by atoms with Gasteiger partial charge in [-0.05, 0) is 31.5 Å². The first-order valence-corrected chi connectivity index (χ1v) is 9.01. The minimum Gasteiger partial charge on any atom is -0.215 e. The van der Waals surface area contributed by atoms with Crippen LogP contribution in [0.1, 0.15) is 18.1 Å². The van der Waals surface area contributed by atoms with Crippen LogP contribution < -0.4 is 4.13 Å². The van der Waals surface area contributed by atoms with E-state index in [9.17, 15) is 47.6 Å². The number of hydrogen-bond donors (Lipinski definition) is 1. The van der Waals surface area contributed by atoms with Crippen molar-refractivity contribution in [2.24, 2.45) is 0 Å². The molecule has 0 aliphatic rings. The van der Waals surface area contributed by atoms with Crippen molar-refractivity contribution >= 4 is 20.0 Å². The summed E-state index contributed by atoms with van der Waals surface area (Å²) in [7, 11) is -12.0. The molecule has 0 saturated heterocycles. The molecular weight excluding hydrogens is 407 g/mol. The number of hydrogen-bond acceptors (Lipinski definition) is 4. The fourth-order valence-electron chi connectivity index (χ4n) is 1.51. The van der Waals surface area contributed by atoms with Crippen LogP contribution in [0.25, 0.3) is 0 Å². The summed E-state index contributed by atoms with van der Waals surface area (Å²) in [5, 5.41) is -5.06. The van der Waals surface area contributed by atoms with Crippen LogP contribution in [-0.2, 0) is 26.2 Å². The van der Waals surface area contributed by atoms with Crippen molar-refractivity contribution in [2.75, 3.05) is 0 Å². The molecule has 1 aromatic rings. The third kappa shape index (κ3) is 4.23. The highest BCUT2D eigenvalue weighted by atomic mass is 32.3. The Morgan fingerprint density at radius 1 is 0.920 bits per heavy atom. The Morgan fingerprint density at radius 3 is 1.80 bits per heavy atom. The van der Waals surface area contributed by atoms with Gasteiger partial charge in [0.15, 0.2) is 0 Å².